The van der Waals surface area contributed by atoms with Gasteiger partial charge in [0.25, 0.3) is 0 Å². The predicted octanol–water partition coefficient (Wildman–Crippen LogP) is 5.04. The zero-order valence-electron chi connectivity index (χ0n) is 17.2. The maximum atomic E-state index is 12.3. The number of esters is 1. The maximum Gasteiger partial charge on any atom is 0.336 e. The van der Waals surface area contributed by atoms with Crippen LogP contribution in [0.15, 0.2) is 56.1 Å². The number of para-hydroxylation sites is 2. The molecule has 0 N–H and O–H groups in total. The summed E-state index contributed by atoms with van der Waals surface area (Å²) >= 11 is 0. The number of nitrogens with zero attached hydrogens (tertiary/aromatic N) is 1. The molecule has 0 aliphatic heterocycles. The fourth-order valence-electron chi connectivity index (χ4n) is 3.60. The lowest BCUT2D eigenvalue weighted by molar-refractivity contribution is -0.144. The number of oxazole rings is 1. The number of ether oxygens (including phenoxy) is 1. The van der Waals surface area contributed by atoms with E-state index in [-0.39, 0.29) is 19.0 Å². The Labute approximate surface area is 173 Å². The van der Waals surface area contributed by atoms with Crippen molar-refractivity contribution >= 4 is 28.0 Å². The van der Waals surface area contributed by atoms with Crippen molar-refractivity contribution in [2.24, 2.45) is 0 Å². The van der Waals surface area contributed by atoms with Crippen molar-refractivity contribution in [2.45, 2.75) is 46.1 Å². The summed E-state index contributed by atoms with van der Waals surface area (Å²) in [4.78, 5) is 28.6. The van der Waals surface area contributed by atoms with Gasteiger partial charge in [-0.05, 0) is 48.2 Å². The van der Waals surface area contributed by atoms with Gasteiger partial charge in [-0.3, -0.25) is 4.79 Å². The van der Waals surface area contributed by atoms with Crippen LogP contribution in [0.3, 0.4) is 0 Å². The number of hydrogen-bond donors (Lipinski definition) is 0. The van der Waals surface area contributed by atoms with E-state index in [2.05, 4.69) is 18.8 Å². The molecule has 154 valence electrons. The standard InChI is InChI=1S/C24H23NO5/c1-14(2)17-12-18-16(11-24(27)30-21(18)10-15(17)3)13-28-23(26)9-8-22-25-19-6-4-5-7-20(19)29-22/h4-7,10-12,14H,8-9,13H2,1-3H3. The third-order valence-electron chi connectivity index (χ3n) is 5.11. The largest absolute Gasteiger partial charge is 0.461 e. The van der Waals surface area contributed by atoms with Crippen molar-refractivity contribution in [3.8, 4) is 0 Å². The van der Waals surface area contributed by atoms with Gasteiger partial charge in [-0.2, -0.15) is 0 Å². The van der Waals surface area contributed by atoms with Gasteiger partial charge in [-0.1, -0.05) is 26.0 Å². The first-order valence-electron chi connectivity index (χ1n) is 9.98. The molecule has 6 nitrogen and oxygen atoms in total. The third-order valence-corrected chi connectivity index (χ3v) is 5.11. The summed E-state index contributed by atoms with van der Waals surface area (Å²) in [5, 5.41) is 0.788. The molecule has 30 heavy (non-hydrogen) atoms. The number of rotatable bonds is 6. The highest BCUT2D eigenvalue weighted by Crippen LogP contribution is 2.27. The van der Waals surface area contributed by atoms with Crippen LogP contribution in [0.25, 0.3) is 22.1 Å². The summed E-state index contributed by atoms with van der Waals surface area (Å²) < 4.78 is 16.4. The summed E-state index contributed by atoms with van der Waals surface area (Å²) in [6.07, 6.45) is 0.491. The fraction of sp³-hybridized carbons (Fsp3) is 0.292. The summed E-state index contributed by atoms with van der Waals surface area (Å²) in [5.41, 5.74) is 4.37. The van der Waals surface area contributed by atoms with Gasteiger partial charge in [0.2, 0.25) is 0 Å². The third kappa shape index (κ3) is 4.13. The van der Waals surface area contributed by atoms with Crippen LogP contribution in [-0.2, 0) is 22.6 Å². The van der Waals surface area contributed by atoms with E-state index in [1.165, 1.54) is 11.6 Å². The molecule has 0 amide bonds. The number of carbonyl (C=O) groups is 1. The topological polar surface area (TPSA) is 82.5 Å². The van der Waals surface area contributed by atoms with Crippen LogP contribution in [0.1, 0.15) is 48.8 Å². The normalized spacial score (nSPS) is 11.5. The zero-order valence-corrected chi connectivity index (χ0v) is 17.2. The molecule has 0 spiro atoms. The first-order valence-corrected chi connectivity index (χ1v) is 9.98. The Kier molecular flexibility index (Phi) is 5.40. The second kappa shape index (κ2) is 8.14. The quantitative estimate of drug-likeness (QED) is 0.330. The number of aryl methyl sites for hydroxylation is 2. The molecule has 0 saturated heterocycles. The smallest absolute Gasteiger partial charge is 0.336 e. The molecule has 0 saturated carbocycles. The lowest BCUT2D eigenvalue weighted by Crippen LogP contribution is -2.09. The minimum atomic E-state index is -0.461. The number of benzene rings is 2. The number of carbonyl (C=O) groups excluding carboxylic acids is 1. The van der Waals surface area contributed by atoms with Gasteiger partial charge < -0.3 is 13.6 Å². The van der Waals surface area contributed by atoms with Gasteiger partial charge >= 0.3 is 11.6 Å². The highest BCUT2D eigenvalue weighted by molar-refractivity contribution is 5.82. The van der Waals surface area contributed by atoms with E-state index in [0.717, 1.165) is 16.5 Å². The van der Waals surface area contributed by atoms with E-state index >= 15 is 0 Å². The predicted molar refractivity (Wildman–Crippen MR) is 113 cm³/mol. The molecule has 4 rings (SSSR count). The van der Waals surface area contributed by atoms with Gasteiger partial charge in [-0.25, -0.2) is 9.78 Å². The molecule has 2 heterocycles. The van der Waals surface area contributed by atoms with Gasteiger partial charge in [-0.15, -0.1) is 0 Å². The summed E-state index contributed by atoms with van der Waals surface area (Å²) in [6, 6.07) is 12.7. The first-order chi connectivity index (χ1) is 14.4. The van der Waals surface area contributed by atoms with Gasteiger partial charge in [0.15, 0.2) is 11.5 Å². The average Bonchev–Trinajstić information content (AvgIpc) is 3.12. The van der Waals surface area contributed by atoms with E-state index in [4.69, 9.17) is 13.6 Å². The molecule has 2 aromatic carbocycles. The van der Waals surface area contributed by atoms with Crippen molar-refractivity contribution < 1.29 is 18.4 Å². The zero-order chi connectivity index (χ0) is 21.3. The highest BCUT2D eigenvalue weighted by atomic mass is 16.5. The second-order valence-electron chi connectivity index (χ2n) is 7.69. The fourth-order valence-corrected chi connectivity index (χ4v) is 3.60. The molecule has 0 radical (unpaired) electrons. The average molecular weight is 405 g/mol. The van der Waals surface area contributed by atoms with Crippen molar-refractivity contribution in [3.63, 3.8) is 0 Å². The monoisotopic (exact) mass is 405 g/mol. The van der Waals surface area contributed by atoms with Crippen molar-refractivity contribution in [1.82, 2.24) is 4.98 Å². The van der Waals surface area contributed by atoms with Crippen LogP contribution in [0.5, 0.6) is 0 Å². The molecule has 2 aromatic heterocycles. The van der Waals surface area contributed by atoms with E-state index in [1.54, 1.807) is 0 Å². The van der Waals surface area contributed by atoms with Crippen LogP contribution < -0.4 is 5.63 Å². The van der Waals surface area contributed by atoms with Crippen molar-refractivity contribution in [1.29, 1.82) is 0 Å². The lowest BCUT2D eigenvalue weighted by atomic mass is 9.95. The lowest BCUT2D eigenvalue weighted by Gasteiger charge is -2.13. The van der Waals surface area contributed by atoms with E-state index < -0.39 is 5.63 Å². The molecular formula is C24H23NO5. The molecule has 4 aromatic rings. The molecule has 6 heteroatoms. The second-order valence-corrected chi connectivity index (χ2v) is 7.69. The van der Waals surface area contributed by atoms with E-state index in [9.17, 15) is 9.59 Å². The highest BCUT2D eigenvalue weighted by Gasteiger charge is 2.14. The Balaban J connectivity index is 1.47. The van der Waals surface area contributed by atoms with Gasteiger partial charge in [0.1, 0.15) is 17.7 Å². The Morgan fingerprint density at radius 2 is 1.90 bits per heavy atom. The van der Waals surface area contributed by atoms with Crippen LogP contribution in [0.2, 0.25) is 0 Å². The number of hydrogen-bond acceptors (Lipinski definition) is 6. The van der Waals surface area contributed by atoms with Crippen LogP contribution in [0, 0.1) is 6.92 Å². The maximum absolute atomic E-state index is 12.3. The molecule has 0 aliphatic carbocycles. The molecule has 0 bridgehead atoms. The van der Waals surface area contributed by atoms with E-state index in [0.29, 0.717) is 35.0 Å². The Morgan fingerprint density at radius 1 is 1.10 bits per heavy atom. The van der Waals surface area contributed by atoms with Crippen molar-refractivity contribution in [2.75, 3.05) is 0 Å². The summed E-state index contributed by atoms with van der Waals surface area (Å²) in [5.74, 6) is 0.443. The summed E-state index contributed by atoms with van der Waals surface area (Å²) in [7, 11) is 0. The van der Waals surface area contributed by atoms with Gasteiger partial charge in [0.05, 0.1) is 6.42 Å². The number of aromatic nitrogens is 1. The van der Waals surface area contributed by atoms with Crippen LogP contribution >= 0.6 is 0 Å². The first kappa shape index (κ1) is 19.9. The molecule has 0 unspecified atom stereocenters. The molecule has 0 aliphatic rings. The van der Waals surface area contributed by atoms with Crippen LogP contribution in [0.4, 0.5) is 0 Å². The molecule has 0 atom stereocenters. The Hall–Kier alpha value is -3.41. The Morgan fingerprint density at radius 3 is 2.67 bits per heavy atom. The number of fused-ring (bicyclic) bond motifs is 2. The van der Waals surface area contributed by atoms with Crippen molar-refractivity contribution in [3.05, 3.63) is 75.5 Å². The van der Waals surface area contributed by atoms with Gasteiger partial charge in [0, 0.05) is 23.4 Å². The Bertz CT molecular complexity index is 1250. The van der Waals surface area contributed by atoms with E-state index in [1.807, 2.05) is 43.3 Å². The summed E-state index contributed by atoms with van der Waals surface area (Å²) in [6.45, 7) is 6.22. The van der Waals surface area contributed by atoms with Crippen LogP contribution in [-0.4, -0.2) is 11.0 Å². The molecular weight excluding hydrogens is 382 g/mol. The molecule has 0 fully saturated rings. The SMILES string of the molecule is Cc1cc2oc(=O)cc(COC(=O)CCc3nc4ccccc4o3)c2cc1C(C)C. The minimum Gasteiger partial charge on any atom is -0.461 e. The minimum absolute atomic E-state index is 0.00902.